The highest BCUT2D eigenvalue weighted by molar-refractivity contribution is 6.36. The van der Waals surface area contributed by atoms with Gasteiger partial charge in [0.05, 0.1) is 16.8 Å². The maximum Gasteiger partial charge on any atom is 0.275 e. The number of aryl methyl sites for hydroxylation is 1. The van der Waals surface area contributed by atoms with E-state index in [1.54, 1.807) is 19.1 Å². The average Bonchev–Trinajstić information content (AvgIpc) is 2.46. The molecule has 0 aliphatic carbocycles. The Bertz CT molecular complexity index is 761. The number of para-hydroxylation sites is 1. The number of benzene rings is 2. The molecule has 5 nitrogen and oxygen atoms in total. The molecule has 0 aliphatic rings. The number of rotatable bonds is 3. The molecule has 7 heteroatoms. The van der Waals surface area contributed by atoms with Gasteiger partial charge in [0, 0.05) is 10.6 Å². The van der Waals surface area contributed by atoms with Crippen molar-refractivity contribution in [2.45, 2.75) is 6.92 Å². The van der Waals surface area contributed by atoms with Crippen LogP contribution in [0.5, 0.6) is 11.5 Å². The predicted octanol–water partition coefficient (Wildman–Crippen LogP) is 3.48. The lowest BCUT2D eigenvalue weighted by Gasteiger charge is -2.05. The zero-order chi connectivity index (χ0) is 16.3. The number of amides is 1. The quantitative estimate of drug-likeness (QED) is 0.591. The lowest BCUT2D eigenvalue weighted by Crippen LogP contribution is -2.17. The number of hydrogen-bond donors (Lipinski definition) is 3. The number of hydrogen-bond acceptors (Lipinski definition) is 4. The monoisotopic (exact) mass is 338 g/mol. The molecule has 0 aliphatic heterocycles. The van der Waals surface area contributed by atoms with Crippen LogP contribution in [0.4, 0.5) is 0 Å². The zero-order valence-corrected chi connectivity index (χ0v) is 13.0. The molecule has 1 amide bonds. The fourth-order valence-corrected chi connectivity index (χ4v) is 2.26. The molecule has 22 heavy (non-hydrogen) atoms. The zero-order valence-electron chi connectivity index (χ0n) is 11.5. The SMILES string of the molecule is Cc1cccc(C(=O)NN=Cc2cc(Cl)cc(Cl)c2O)c1O. The second kappa shape index (κ2) is 6.68. The van der Waals surface area contributed by atoms with E-state index in [4.69, 9.17) is 23.2 Å². The fourth-order valence-electron chi connectivity index (χ4n) is 1.75. The number of nitrogens with one attached hydrogen (secondary N) is 1. The van der Waals surface area contributed by atoms with Crippen molar-refractivity contribution in [2.24, 2.45) is 5.10 Å². The van der Waals surface area contributed by atoms with Gasteiger partial charge in [0.25, 0.3) is 5.91 Å². The topological polar surface area (TPSA) is 81.9 Å². The van der Waals surface area contributed by atoms with Gasteiger partial charge in [0.15, 0.2) is 0 Å². The van der Waals surface area contributed by atoms with Crippen LogP contribution < -0.4 is 5.43 Å². The Hall–Kier alpha value is -2.24. The molecule has 0 radical (unpaired) electrons. The van der Waals surface area contributed by atoms with E-state index in [1.165, 1.54) is 24.4 Å². The highest BCUT2D eigenvalue weighted by atomic mass is 35.5. The number of hydrazone groups is 1. The maximum atomic E-state index is 11.9. The largest absolute Gasteiger partial charge is 0.507 e. The van der Waals surface area contributed by atoms with Gasteiger partial charge in [0.1, 0.15) is 11.5 Å². The third kappa shape index (κ3) is 3.50. The number of carbonyl (C=O) groups is 1. The van der Waals surface area contributed by atoms with Crippen molar-refractivity contribution in [3.63, 3.8) is 0 Å². The highest BCUT2D eigenvalue weighted by Crippen LogP contribution is 2.30. The van der Waals surface area contributed by atoms with Gasteiger partial charge >= 0.3 is 0 Å². The van der Waals surface area contributed by atoms with E-state index >= 15 is 0 Å². The molecule has 0 spiro atoms. The van der Waals surface area contributed by atoms with Crippen LogP contribution >= 0.6 is 23.2 Å². The normalized spacial score (nSPS) is 10.9. The van der Waals surface area contributed by atoms with Crippen LogP contribution in [0.2, 0.25) is 10.0 Å². The molecule has 0 saturated heterocycles. The third-order valence-electron chi connectivity index (χ3n) is 2.91. The Labute approximate surface area is 136 Å². The minimum atomic E-state index is -0.579. The third-order valence-corrected chi connectivity index (χ3v) is 3.42. The van der Waals surface area contributed by atoms with Crippen LogP contribution in [-0.2, 0) is 0 Å². The van der Waals surface area contributed by atoms with Crippen molar-refractivity contribution in [2.75, 3.05) is 0 Å². The summed E-state index contributed by atoms with van der Waals surface area (Å²) in [7, 11) is 0. The molecule has 0 fully saturated rings. The van der Waals surface area contributed by atoms with Gasteiger partial charge in [0.2, 0.25) is 0 Å². The number of phenols is 2. The average molecular weight is 339 g/mol. The van der Waals surface area contributed by atoms with Crippen molar-refractivity contribution < 1.29 is 15.0 Å². The van der Waals surface area contributed by atoms with E-state index in [1.807, 2.05) is 0 Å². The molecule has 0 heterocycles. The summed E-state index contributed by atoms with van der Waals surface area (Å²) in [5, 5.41) is 23.7. The predicted molar refractivity (Wildman–Crippen MR) is 86.0 cm³/mol. The summed E-state index contributed by atoms with van der Waals surface area (Å²) < 4.78 is 0. The van der Waals surface area contributed by atoms with Gasteiger partial charge in [-0.25, -0.2) is 5.43 Å². The lowest BCUT2D eigenvalue weighted by atomic mass is 10.1. The fraction of sp³-hybridized carbons (Fsp3) is 0.0667. The molecule has 0 aromatic heterocycles. The summed E-state index contributed by atoms with van der Waals surface area (Å²) >= 11 is 11.6. The molecular formula is C15H12Cl2N2O3. The molecule has 0 atom stereocenters. The van der Waals surface area contributed by atoms with Gasteiger partial charge in [-0.05, 0) is 30.7 Å². The summed E-state index contributed by atoms with van der Waals surface area (Å²) in [6.07, 6.45) is 1.21. The minimum absolute atomic E-state index is 0.0802. The van der Waals surface area contributed by atoms with Crippen LogP contribution in [0.3, 0.4) is 0 Å². The standard InChI is InChI=1S/C15H12Cl2N2O3/c1-8-3-2-4-11(13(8)20)15(22)19-18-7-9-5-10(16)6-12(17)14(9)21/h2-7,20-21H,1H3,(H,19,22). The number of aromatic hydroxyl groups is 2. The number of halogens is 2. The molecule has 0 bridgehead atoms. The second-order valence-corrected chi connectivity index (χ2v) is 5.34. The van der Waals surface area contributed by atoms with Gasteiger partial charge < -0.3 is 10.2 Å². The van der Waals surface area contributed by atoms with Crippen molar-refractivity contribution >= 4 is 35.3 Å². The van der Waals surface area contributed by atoms with Gasteiger partial charge in [-0.15, -0.1) is 0 Å². The van der Waals surface area contributed by atoms with Gasteiger partial charge in [-0.3, -0.25) is 4.79 Å². The van der Waals surface area contributed by atoms with Crippen LogP contribution in [0, 0.1) is 6.92 Å². The minimum Gasteiger partial charge on any atom is -0.507 e. The van der Waals surface area contributed by atoms with Gasteiger partial charge in [-0.1, -0.05) is 35.3 Å². The number of carbonyl (C=O) groups excluding carboxylic acids is 1. The van der Waals surface area contributed by atoms with Gasteiger partial charge in [-0.2, -0.15) is 5.10 Å². The second-order valence-electron chi connectivity index (χ2n) is 4.50. The van der Waals surface area contributed by atoms with E-state index in [-0.39, 0.29) is 27.6 Å². The van der Waals surface area contributed by atoms with E-state index in [0.29, 0.717) is 10.6 Å². The van der Waals surface area contributed by atoms with Crippen LogP contribution in [0.15, 0.2) is 35.4 Å². The molecule has 2 rings (SSSR count). The summed E-state index contributed by atoms with van der Waals surface area (Å²) in [4.78, 5) is 11.9. The first-order valence-corrected chi connectivity index (χ1v) is 6.95. The number of phenolic OH excluding ortho intramolecular Hbond substituents is 2. The first-order valence-electron chi connectivity index (χ1n) is 6.20. The van der Waals surface area contributed by atoms with E-state index in [2.05, 4.69) is 10.5 Å². The van der Waals surface area contributed by atoms with Crippen LogP contribution in [0.25, 0.3) is 0 Å². The van der Waals surface area contributed by atoms with Crippen molar-refractivity contribution in [3.8, 4) is 11.5 Å². The molecule has 2 aromatic rings. The Morgan fingerprint density at radius 1 is 1.23 bits per heavy atom. The number of nitrogens with zero attached hydrogens (tertiary/aromatic N) is 1. The molecule has 3 N–H and O–H groups in total. The Kier molecular flexibility index (Phi) is 4.90. The van der Waals surface area contributed by atoms with Crippen molar-refractivity contribution in [1.82, 2.24) is 5.43 Å². The summed E-state index contributed by atoms with van der Waals surface area (Å²) in [5.41, 5.74) is 3.19. The molecule has 114 valence electrons. The van der Waals surface area contributed by atoms with Crippen LogP contribution in [0.1, 0.15) is 21.5 Å². The summed E-state index contributed by atoms with van der Waals surface area (Å²) in [6, 6.07) is 7.64. The molecular weight excluding hydrogens is 327 g/mol. The maximum absolute atomic E-state index is 11.9. The Morgan fingerprint density at radius 2 is 1.95 bits per heavy atom. The van der Waals surface area contributed by atoms with E-state index < -0.39 is 5.91 Å². The Balaban J connectivity index is 2.16. The molecule has 2 aromatic carbocycles. The van der Waals surface area contributed by atoms with E-state index in [9.17, 15) is 15.0 Å². The summed E-state index contributed by atoms with van der Waals surface area (Å²) in [5.74, 6) is -0.878. The van der Waals surface area contributed by atoms with Crippen molar-refractivity contribution in [1.29, 1.82) is 0 Å². The lowest BCUT2D eigenvalue weighted by molar-refractivity contribution is 0.0952. The van der Waals surface area contributed by atoms with Crippen molar-refractivity contribution in [3.05, 3.63) is 57.1 Å². The first kappa shape index (κ1) is 16.1. The summed E-state index contributed by atoms with van der Waals surface area (Å²) in [6.45, 7) is 1.68. The molecule has 0 unspecified atom stereocenters. The first-order chi connectivity index (χ1) is 10.4. The smallest absolute Gasteiger partial charge is 0.275 e. The van der Waals surface area contributed by atoms with Crippen LogP contribution in [-0.4, -0.2) is 22.3 Å². The van der Waals surface area contributed by atoms with E-state index in [0.717, 1.165) is 0 Å². The highest BCUT2D eigenvalue weighted by Gasteiger charge is 2.11. The Morgan fingerprint density at radius 3 is 2.68 bits per heavy atom. The molecule has 0 saturated carbocycles.